The molecule has 1 aromatic rings. The molecule has 1 aromatic heterocycles. The van der Waals surface area contributed by atoms with E-state index < -0.39 is 18.0 Å². The summed E-state index contributed by atoms with van der Waals surface area (Å²) in [4.78, 5) is 22.3. The zero-order chi connectivity index (χ0) is 12.8. The molecule has 0 saturated carbocycles. The van der Waals surface area contributed by atoms with Crippen LogP contribution in [0.4, 0.5) is 4.79 Å². The van der Waals surface area contributed by atoms with Crippen molar-refractivity contribution in [3.63, 3.8) is 0 Å². The molecule has 5 nitrogen and oxygen atoms in total. The third kappa shape index (κ3) is 4.07. The largest absolute Gasteiger partial charge is 0.480 e. The molecule has 0 bridgehead atoms. The van der Waals surface area contributed by atoms with Gasteiger partial charge in [-0.2, -0.15) is 11.3 Å². The van der Waals surface area contributed by atoms with Gasteiger partial charge >= 0.3 is 12.0 Å². The molecule has 3 N–H and O–H groups in total. The van der Waals surface area contributed by atoms with Gasteiger partial charge in [-0.3, -0.25) is 0 Å². The molecule has 0 aliphatic carbocycles. The average Bonchev–Trinajstić information content (AvgIpc) is 2.78. The summed E-state index contributed by atoms with van der Waals surface area (Å²) in [6.07, 6.45) is 0.357. The summed E-state index contributed by atoms with van der Waals surface area (Å²) in [5, 5.41) is 17.8. The van der Waals surface area contributed by atoms with Crippen molar-refractivity contribution in [2.45, 2.75) is 32.4 Å². The van der Waals surface area contributed by atoms with Gasteiger partial charge in [-0.05, 0) is 35.7 Å². The SMILES string of the molecule is CCC(NC(=O)NC(C)c1ccsc1)C(=O)O. The highest BCUT2D eigenvalue weighted by Gasteiger charge is 2.18. The van der Waals surface area contributed by atoms with Gasteiger partial charge in [0.05, 0.1) is 6.04 Å². The minimum Gasteiger partial charge on any atom is -0.480 e. The van der Waals surface area contributed by atoms with E-state index in [-0.39, 0.29) is 6.04 Å². The maximum atomic E-state index is 11.5. The maximum Gasteiger partial charge on any atom is 0.326 e. The predicted octanol–water partition coefficient (Wildman–Crippen LogP) is 1.97. The second-order valence-corrected chi connectivity index (χ2v) is 4.48. The van der Waals surface area contributed by atoms with E-state index >= 15 is 0 Å². The minimum absolute atomic E-state index is 0.132. The molecule has 2 atom stereocenters. The molecule has 1 heterocycles. The fourth-order valence-corrected chi connectivity index (χ4v) is 2.09. The lowest BCUT2D eigenvalue weighted by atomic mass is 10.2. The van der Waals surface area contributed by atoms with Crippen LogP contribution in [0.5, 0.6) is 0 Å². The van der Waals surface area contributed by atoms with Crippen molar-refractivity contribution in [3.05, 3.63) is 22.4 Å². The molecular formula is C11H16N2O3S. The minimum atomic E-state index is -1.02. The lowest BCUT2D eigenvalue weighted by Gasteiger charge is -2.16. The molecule has 2 unspecified atom stereocenters. The Morgan fingerprint density at radius 2 is 2.18 bits per heavy atom. The fourth-order valence-electron chi connectivity index (χ4n) is 1.34. The Morgan fingerprint density at radius 1 is 1.47 bits per heavy atom. The van der Waals surface area contributed by atoms with E-state index in [0.29, 0.717) is 6.42 Å². The molecule has 0 saturated heterocycles. The van der Waals surface area contributed by atoms with E-state index in [0.717, 1.165) is 5.56 Å². The zero-order valence-corrected chi connectivity index (χ0v) is 10.6. The number of hydrogen-bond donors (Lipinski definition) is 3. The van der Waals surface area contributed by atoms with Crippen LogP contribution in [0.25, 0.3) is 0 Å². The Labute approximate surface area is 104 Å². The third-order valence-electron chi connectivity index (χ3n) is 2.40. The van der Waals surface area contributed by atoms with Crippen LogP contribution in [-0.4, -0.2) is 23.1 Å². The lowest BCUT2D eigenvalue weighted by Crippen LogP contribution is -2.46. The van der Waals surface area contributed by atoms with Crippen LogP contribution >= 0.6 is 11.3 Å². The first-order valence-electron chi connectivity index (χ1n) is 5.36. The second-order valence-electron chi connectivity index (χ2n) is 3.70. The van der Waals surface area contributed by atoms with E-state index in [2.05, 4.69) is 10.6 Å². The highest BCUT2D eigenvalue weighted by Crippen LogP contribution is 2.15. The molecule has 0 spiro atoms. The first kappa shape index (κ1) is 13.5. The summed E-state index contributed by atoms with van der Waals surface area (Å²) in [7, 11) is 0. The van der Waals surface area contributed by atoms with Crippen molar-refractivity contribution in [2.75, 3.05) is 0 Å². The zero-order valence-electron chi connectivity index (χ0n) is 9.77. The van der Waals surface area contributed by atoms with Crippen molar-refractivity contribution in [2.24, 2.45) is 0 Å². The van der Waals surface area contributed by atoms with E-state index in [4.69, 9.17) is 5.11 Å². The van der Waals surface area contributed by atoms with Crippen LogP contribution in [0.2, 0.25) is 0 Å². The fraction of sp³-hybridized carbons (Fsp3) is 0.455. The number of carbonyl (C=O) groups excluding carboxylic acids is 1. The Hall–Kier alpha value is -1.56. The number of carbonyl (C=O) groups is 2. The highest BCUT2D eigenvalue weighted by molar-refractivity contribution is 7.07. The number of amides is 2. The van der Waals surface area contributed by atoms with E-state index in [1.807, 2.05) is 23.8 Å². The van der Waals surface area contributed by atoms with Crippen LogP contribution in [0.1, 0.15) is 31.9 Å². The summed E-state index contributed by atoms with van der Waals surface area (Å²) < 4.78 is 0. The quantitative estimate of drug-likeness (QED) is 0.753. The third-order valence-corrected chi connectivity index (χ3v) is 3.10. The summed E-state index contributed by atoms with van der Waals surface area (Å²) in [6, 6.07) is 0.486. The van der Waals surface area contributed by atoms with E-state index in [1.54, 1.807) is 18.3 Å². The molecule has 0 aliphatic rings. The van der Waals surface area contributed by atoms with Gasteiger partial charge in [0, 0.05) is 0 Å². The van der Waals surface area contributed by atoms with Crippen molar-refractivity contribution < 1.29 is 14.7 Å². The molecule has 2 amide bonds. The van der Waals surface area contributed by atoms with Crippen molar-refractivity contribution in [1.29, 1.82) is 0 Å². The Balaban J connectivity index is 2.47. The van der Waals surface area contributed by atoms with Gasteiger partial charge in [0.25, 0.3) is 0 Å². The summed E-state index contributed by atoms with van der Waals surface area (Å²) in [5.74, 6) is -1.02. The standard InChI is InChI=1S/C11H16N2O3S/c1-3-9(10(14)15)13-11(16)12-7(2)8-4-5-17-6-8/h4-7,9H,3H2,1-2H3,(H,14,15)(H2,12,13,16). The Morgan fingerprint density at radius 3 is 2.65 bits per heavy atom. The molecule has 6 heteroatoms. The van der Waals surface area contributed by atoms with Crippen LogP contribution in [0, 0.1) is 0 Å². The summed E-state index contributed by atoms with van der Waals surface area (Å²) in [5.41, 5.74) is 1.01. The highest BCUT2D eigenvalue weighted by atomic mass is 32.1. The smallest absolute Gasteiger partial charge is 0.326 e. The summed E-state index contributed by atoms with van der Waals surface area (Å²) in [6.45, 7) is 3.56. The number of urea groups is 1. The molecule has 0 radical (unpaired) electrons. The number of hydrogen-bond acceptors (Lipinski definition) is 3. The first-order valence-corrected chi connectivity index (χ1v) is 6.30. The van der Waals surface area contributed by atoms with Gasteiger partial charge in [-0.25, -0.2) is 9.59 Å². The topological polar surface area (TPSA) is 78.4 Å². The van der Waals surface area contributed by atoms with Gasteiger partial charge < -0.3 is 15.7 Å². The van der Waals surface area contributed by atoms with Crippen LogP contribution in [0.15, 0.2) is 16.8 Å². The number of nitrogens with one attached hydrogen (secondary N) is 2. The normalized spacial score (nSPS) is 13.8. The monoisotopic (exact) mass is 256 g/mol. The number of aliphatic carboxylic acids is 1. The van der Waals surface area contributed by atoms with Gasteiger partial charge in [0.1, 0.15) is 6.04 Å². The average molecular weight is 256 g/mol. The lowest BCUT2D eigenvalue weighted by molar-refractivity contribution is -0.139. The van der Waals surface area contributed by atoms with Crippen LogP contribution in [-0.2, 0) is 4.79 Å². The van der Waals surface area contributed by atoms with Crippen molar-refractivity contribution in [3.8, 4) is 0 Å². The molecule has 0 aromatic carbocycles. The van der Waals surface area contributed by atoms with Gasteiger partial charge in [-0.15, -0.1) is 0 Å². The number of carboxylic acids is 1. The first-order chi connectivity index (χ1) is 8.04. The molecule has 0 fully saturated rings. The molecule has 94 valence electrons. The van der Waals surface area contributed by atoms with Crippen molar-refractivity contribution in [1.82, 2.24) is 10.6 Å². The molecular weight excluding hydrogens is 240 g/mol. The number of carboxylic acid groups (broad SMARTS) is 1. The summed E-state index contributed by atoms with van der Waals surface area (Å²) >= 11 is 1.55. The van der Waals surface area contributed by atoms with E-state index in [9.17, 15) is 9.59 Å². The van der Waals surface area contributed by atoms with Gasteiger partial charge in [0.2, 0.25) is 0 Å². The number of thiophene rings is 1. The van der Waals surface area contributed by atoms with Crippen molar-refractivity contribution >= 4 is 23.3 Å². The Kier molecular flexibility index (Phi) is 4.96. The number of rotatable bonds is 5. The van der Waals surface area contributed by atoms with Gasteiger partial charge in [0.15, 0.2) is 0 Å². The molecule has 1 rings (SSSR count). The van der Waals surface area contributed by atoms with Gasteiger partial charge in [-0.1, -0.05) is 6.92 Å². The van der Waals surface area contributed by atoms with E-state index in [1.165, 1.54) is 0 Å². The van der Waals surface area contributed by atoms with Crippen LogP contribution in [0.3, 0.4) is 0 Å². The molecule has 0 aliphatic heterocycles. The molecule has 17 heavy (non-hydrogen) atoms. The second kappa shape index (κ2) is 6.24. The maximum absolute atomic E-state index is 11.5. The Bertz CT molecular complexity index is 378. The predicted molar refractivity (Wildman–Crippen MR) is 66.1 cm³/mol. The van der Waals surface area contributed by atoms with Crippen LogP contribution < -0.4 is 10.6 Å².